The fourth-order valence-corrected chi connectivity index (χ4v) is 1.99. The molecule has 21 heavy (non-hydrogen) atoms. The molecule has 0 saturated carbocycles. The number of fused-ring (bicyclic) bond motifs is 1. The molecule has 8 heteroatoms. The van der Waals surface area contributed by atoms with E-state index in [1.165, 1.54) is 10.9 Å². The molecule has 0 atom stereocenters. The predicted molar refractivity (Wildman–Crippen MR) is 67.5 cm³/mol. The fourth-order valence-electron chi connectivity index (χ4n) is 1.99. The third-order valence-corrected chi connectivity index (χ3v) is 2.90. The van der Waals surface area contributed by atoms with Gasteiger partial charge < -0.3 is 9.67 Å². The van der Waals surface area contributed by atoms with Crippen molar-refractivity contribution in [2.75, 3.05) is 0 Å². The molecule has 2 heterocycles. The van der Waals surface area contributed by atoms with Crippen molar-refractivity contribution in [1.82, 2.24) is 19.5 Å². The van der Waals surface area contributed by atoms with Gasteiger partial charge in [-0.15, -0.1) is 0 Å². The van der Waals surface area contributed by atoms with Gasteiger partial charge in [0.2, 0.25) is 11.7 Å². The number of hydrogen-bond donors (Lipinski definition) is 1. The van der Waals surface area contributed by atoms with E-state index in [9.17, 15) is 18.3 Å². The molecule has 2 aromatic heterocycles. The van der Waals surface area contributed by atoms with Crippen LogP contribution in [0.1, 0.15) is 11.4 Å². The molecule has 0 spiro atoms. The highest BCUT2D eigenvalue weighted by Crippen LogP contribution is 2.30. The maximum absolute atomic E-state index is 12.6. The molecule has 0 aliphatic rings. The number of alkyl halides is 3. The highest BCUT2D eigenvalue weighted by atomic mass is 19.4. The van der Waals surface area contributed by atoms with Gasteiger partial charge in [0, 0.05) is 6.54 Å². The van der Waals surface area contributed by atoms with Crippen molar-refractivity contribution in [3.8, 4) is 5.88 Å². The lowest BCUT2D eigenvalue weighted by atomic mass is 10.2. The van der Waals surface area contributed by atoms with E-state index < -0.39 is 17.9 Å². The molecule has 5 nitrogen and oxygen atoms in total. The Morgan fingerprint density at radius 1 is 1.10 bits per heavy atom. The van der Waals surface area contributed by atoms with Crippen LogP contribution in [0.4, 0.5) is 13.2 Å². The van der Waals surface area contributed by atoms with Crippen LogP contribution in [-0.2, 0) is 12.7 Å². The number of aromatic nitrogens is 4. The molecule has 0 fully saturated rings. The van der Waals surface area contributed by atoms with E-state index in [1.54, 1.807) is 0 Å². The molecular formula is C13H9F3N4O. The van der Waals surface area contributed by atoms with Crippen LogP contribution in [0.2, 0.25) is 0 Å². The summed E-state index contributed by atoms with van der Waals surface area (Å²) in [5, 5.41) is 9.75. The standard InChI is InChI=1S/C13H9F3N4O/c14-13(15,16)12-18-10-9(11(21)19-12)20(7-17-10)6-8-4-2-1-3-5-8/h1-5,7H,6H2,(H,18,19,21). The zero-order valence-electron chi connectivity index (χ0n) is 10.5. The van der Waals surface area contributed by atoms with Crippen LogP contribution in [-0.4, -0.2) is 24.6 Å². The number of benzene rings is 1. The van der Waals surface area contributed by atoms with Crippen LogP contribution >= 0.6 is 0 Å². The van der Waals surface area contributed by atoms with Crippen LogP contribution in [0, 0.1) is 0 Å². The van der Waals surface area contributed by atoms with Crippen LogP contribution in [0.25, 0.3) is 11.2 Å². The molecule has 0 aliphatic carbocycles. The average Bonchev–Trinajstić information content (AvgIpc) is 2.82. The van der Waals surface area contributed by atoms with Crippen molar-refractivity contribution < 1.29 is 18.3 Å². The summed E-state index contributed by atoms with van der Waals surface area (Å²) in [6.07, 6.45) is -3.40. The maximum atomic E-state index is 12.6. The van der Waals surface area contributed by atoms with Gasteiger partial charge in [-0.2, -0.15) is 18.2 Å². The first kappa shape index (κ1) is 13.3. The van der Waals surface area contributed by atoms with Gasteiger partial charge in [0.05, 0.1) is 6.33 Å². The Hall–Kier alpha value is -2.64. The number of halogens is 3. The zero-order chi connectivity index (χ0) is 15.0. The van der Waals surface area contributed by atoms with E-state index in [2.05, 4.69) is 15.0 Å². The minimum Gasteiger partial charge on any atom is -0.492 e. The van der Waals surface area contributed by atoms with E-state index in [4.69, 9.17) is 0 Å². The van der Waals surface area contributed by atoms with Gasteiger partial charge in [0.25, 0.3) is 0 Å². The van der Waals surface area contributed by atoms with Gasteiger partial charge in [-0.1, -0.05) is 30.3 Å². The number of hydrogen-bond acceptors (Lipinski definition) is 4. The van der Waals surface area contributed by atoms with E-state index in [0.29, 0.717) is 6.54 Å². The van der Waals surface area contributed by atoms with Gasteiger partial charge in [-0.25, -0.2) is 9.97 Å². The summed E-state index contributed by atoms with van der Waals surface area (Å²) in [4.78, 5) is 10.2. The largest absolute Gasteiger partial charge is 0.492 e. The second-order valence-corrected chi connectivity index (χ2v) is 4.40. The molecule has 0 saturated heterocycles. The first-order chi connectivity index (χ1) is 9.95. The Balaban J connectivity index is 2.07. The molecule has 3 rings (SSSR count). The van der Waals surface area contributed by atoms with Crippen molar-refractivity contribution in [3.63, 3.8) is 0 Å². The third-order valence-electron chi connectivity index (χ3n) is 2.90. The maximum Gasteiger partial charge on any atom is 0.451 e. The summed E-state index contributed by atoms with van der Waals surface area (Å²) in [5.74, 6) is -2.14. The van der Waals surface area contributed by atoms with Gasteiger partial charge in [-0.3, -0.25) is 0 Å². The van der Waals surface area contributed by atoms with E-state index in [-0.39, 0.29) is 11.2 Å². The van der Waals surface area contributed by atoms with Gasteiger partial charge >= 0.3 is 6.18 Å². The molecule has 1 aromatic carbocycles. The van der Waals surface area contributed by atoms with Crippen molar-refractivity contribution >= 4 is 11.2 Å². The quantitative estimate of drug-likeness (QED) is 0.789. The van der Waals surface area contributed by atoms with Crippen LogP contribution in [0.3, 0.4) is 0 Å². The summed E-state index contributed by atoms with van der Waals surface area (Å²) in [6.45, 7) is 0.347. The van der Waals surface area contributed by atoms with E-state index in [0.717, 1.165) is 5.56 Å². The van der Waals surface area contributed by atoms with Crippen molar-refractivity contribution in [1.29, 1.82) is 0 Å². The Bertz CT molecular complexity index is 783. The number of aromatic hydroxyl groups is 1. The summed E-state index contributed by atoms with van der Waals surface area (Å²) in [6, 6.07) is 9.24. The monoisotopic (exact) mass is 294 g/mol. The third kappa shape index (κ3) is 2.51. The topological polar surface area (TPSA) is 63.8 Å². The highest BCUT2D eigenvalue weighted by molar-refractivity contribution is 5.76. The van der Waals surface area contributed by atoms with Gasteiger partial charge in [0.1, 0.15) is 0 Å². The molecule has 3 aromatic rings. The first-order valence-corrected chi connectivity index (χ1v) is 5.98. The zero-order valence-corrected chi connectivity index (χ0v) is 10.5. The Morgan fingerprint density at radius 3 is 2.48 bits per heavy atom. The number of imidazole rings is 1. The molecule has 1 N–H and O–H groups in total. The minimum absolute atomic E-state index is 0.0758. The van der Waals surface area contributed by atoms with Gasteiger partial charge in [-0.05, 0) is 5.56 Å². The number of nitrogens with zero attached hydrogens (tertiary/aromatic N) is 4. The average molecular weight is 294 g/mol. The molecule has 0 bridgehead atoms. The SMILES string of the molecule is Oc1nc(C(F)(F)F)nc2ncn(Cc3ccccc3)c12. The summed E-state index contributed by atoms with van der Waals surface area (Å²) >= 11 is 0. The van der Waals surface area contributed by atoms with E-state index >= 15 is 0 Å². The molecule has 0 unspecified atom stereocenters. The fraction of sp³-hybridized carbons (Fsp3) is 0.154. The smallest absolute Gasteiger partial charge is 0.451 e. The van der Waals surface area contributed by atoms with Crippen LogP contribution in [0.5, 0.6) is 5.88 Å². The van der Waals surface area contributed by atoms with Crippen molar-refractivity contribution in [2.24, 2.45) is 0 Å². The second kappa shape index (κ2) is 4.72. The van der Waals surface area contributed by atoms with Gasteiger partial charge in [0.15, 0.2) is 11.2 Å². The van der Waals surface area contributed by atoms with Crippen LogP contribution < -0.4 is 0 Å². The summed E-state index contributed by atoms with van der Waals surface area (Å²) in [5.41, 5.74) is 0.800. The first-order valence-electron chi connectivity index (χ1n) is 5.98. The van der Waals surface area contributed by atoms with Crippen LogP contribution in [0.15, 0.2) is 36.7 Å². The summed E-state index contributed by atoms with van der Waals surface area (Å²) < 4.78 is 39.2. The Labute approximate surface area is 116 Å². The Morgan fingerprint density at radius 2 is 1.81 bits per heavy atom. The van der Waals surface area contributed by atoms with Crippen molar-refractivity contribution in [2.45, 2.75) is 12.7 Å². The lowest BCUT2D eigenvalue weighted by Crippen LogP contribution is -2.11. The lowest BCUT2D eigenvalue weighted by Gasteiger charge is -2.07. The number of rotatable bonds is 2. The molecular weight excluding hydrogens is 285 g/mol. The lowest BCUT2D eigenvalue weighted by molar-refractivity contribution is -0.145. The highest BCUT2D eigenvalue weighted by Gasteiger charge is 2.36. The molecule has 0 amide bonds. The normalized spacial score (nSPS) is 12.0. The van der Waals surface area contributed by atoms with E-state index in [1.807, 2.05) is 30.3 Å². The Kier molecular flexibility index (Phi) is 3.00. The molecule has 0 aliphatic heterocycles. The summed E-state index contributed by atoms with van der Waals surface area (Å²) in [7, 11) is 0. The molecule has 108 valence electrons. The predicted octanol–water partition coefficient (Wildman–Crippen LogP) is 2.60. The van der Waals surface area contributed by atoms with Crippen molar-refractivity contribution in [3.05, 3.63) is 48.0 Å². The minimum atomic E-state index is -4.73. The second-order valence-electron chi connectivity index (χ2n) is 4.40. The molecule has 0 radical (unpaired) electrons.